The van der Waals surface area contributed by atoms with Gasteiger partial charge < -0.3 is 9.64 Å². The summed E-state index contributed by atoms with van der Waals surface area (Å²) in [7, 11) is 0. The number of hydrogen-bond acceptors (Lipinski definition) is 2. The summed E-state index contributed by atoms with van der Waals surface area (Å²) in [5, 5.41) is 0. The van der Waals surface area contributed by atoms with Crippen molar-refractivity contribution in [2.45, 2.75) is 25.4 Å². The molecule has 1 aliphatic rings. The molecule has 126 valence electrons. The third-order valence-electron chi connectivity index (χ3n) is 4.41. The smallest absolute Gasteiger partial charge is 0.230 e. The van der Waals surface area contributed by atoms with E-state index in [4.69, 9.17) is 4.74 Å². The van der Waals surface area contributed by atoms with Crippen LogP contribution in [0.1, 0.15) is 24.0 Å². The topological polar surface area (TPSA) is 29.5 Å². The molecule has 0 N–H and O–H groups in total. The maximum absolute atomic E-state index is 13.3. The molecule has 2 atom stereocenters. The highest BCUT2D eigenvalue weighted by atomic mass is 19.1. The molecule has 1 aliphatic heterocycles. The minimum absolute atomic E-state index is 0.0493. The lowest BCUT2D eigenvalue weighted by molar-refractivity contribution is -0.139. The monoisotopic (exact) mass is 327 g/mol. The summed E-state index contributed by atoms with van der Waals surface area (Å²) in [6.07, 6.45) is 0.658. The Morgan fingerprint density at radius 1 is 1.21 bits per heavy atom. The van der Waals surface area contributed by atoms with E-state index in [1.165, 1.54) is 12.1 Å². The normalized spacial score (nSPS) is 19.1. The van der Waals surface area contributed by atoms with Crippen LogP contribution in [0.2, 0.25) is 0 Å². The van der Waals surface area contributed by atoms with Crippen LogP contribution >= 0.6 is 0 Å². The number of amides is 1. The fraction of sp³-hybridized carbons (Fsp3) is 0.350. The Morgan fingerprint density at radius 2 is 1.92 bits per heavy atom. The zero-order valence-electron chi connectivity index (χ0n) is 13.8. The standard InChI is InChI=1S/C20H22FNO2/c1-15-14-22(11-12-24-15)20(23)19(13-16-5-3-2-4-6-16)17-7-9-18(21)10-8-17/h2-10,15,19H,11-14H2,1H3. The number of carbonyl (C=O) groups is 1. The van der Waals surface area contributed by atoms with Crippen molar-refractivity contribution in [2.75, 3.05) is 19.7 Å². The van der Waals surface area contributed by atoms with Crippen LogP contribution in [0.25, 0.3) is 0 Å². The first kappa shape index (κ1) is 16.7. The van der Waals surface area contributed by atoms with Crippen molar-refractivity contribution in [2.24, 2.45) is 0 Å². The molecule has 3 nitrogen and oxygen atoms in total. The number of carbonyl (C=O) groups excluding carboxylic acids is 1. The van der Waals surface area contributed by atoms with Crippen LogP contribution in [0.3, 0.4) is 0 Å². The SMILES string of the molecule is CC1CN(C(=O)C(Cc2ccccc2)c2ccc(F)cc2)CCO1. The van der Waals surface area contributed by atoms with Crippen LogP contribution in [0.15, 0.2) is 54.6 Å². The molecule has 1 fully saturated rings. The molecule has 0 bridgehead atoms. The first-order chi connectivity index (χ1) is 11.6. The van der Waals surface area contributed by atoms with Crippen molar-refractivity contribution in [3.63, 3.8) is 0 Å². The highest BCUT2D eigenvalue weighted by molar-refractivity contribution is 5.84. The van der Waals surface area contributed by atoms with E-state index in [9.17, 15) is 9.18 Å². The van der Waals surface area contributed by atoms with Gasteiger partial charge in [-0.05, 0) is 36.6 Å². The van der Waals surface area contributed by atoms with Gasteiger partial charge in [0.1, 0.15) is 5.82 Å². The molecule has 0 saturated carbocycles. The molecule has 0 spiro atoms. The lowest BCUT2D eigenvalue weighted by Gasteiger charge is -2.34. The molecule has 1 saturated heterocycles. The van der Waals surface area contributed by atoms with Crippen molar-refractivity contribution in [1.29, 1.82) is 0 Å². The van der Waals surface area contributed by atoms with Gasteiger partial charge in [-0.15, -0.1) is 0 Å². The van der Waals surface area contributed by atoms with Crippen LogP contribution in [0.4, 0.5) is 4.39 Å². The summed E-state index contributed by atoms with van der Waals surface area (Å²) in [6.45, 7) is 3.75. The number of halogens is 1. The van der Waals surface area contributed by atoms with Crippen molar-refractivity contribution in [3.8, 4) is 0 Å². The third-order valence-corrected chi connectivity index (χ3v) is 4.41. The third kappa shape index (κ3) is 4.01. The average molecular weight is 327 g/mol. The molecule has 24 heavy (non-hydrogen) atoms. The zero-order chi connectivity index (χ0) is 16.9. The molecule has 3 rings (SSSR count). The van der Waals surface area contributed by atoms with Crippen LogP contribution in [0.5, 0.6) is 0 Å². The number of ether oxygens (including phenoxy) is 1. The minimum atomic E-state index is -0.307. The van der Waals surface area contributed by atoms with Gasteiger partial charge in [0.2, 0.25) is 5.91 Å². The zero-order valence-corrected chi connectivity index (χ0v) is 13.8. The Morgan fingerprint density at radius 3 is 2.58 bits per heavy atom. The van der Waals surface area contributed by atoms with E-state index < -0.39 is 0 Å². The summed E-state index contributed by atoms with van der Waals surface area (Å²) < 4.78 is 18.8. The van der Waals surface area contributed by atoms with E-state index in [-0.39, 0.29) is 23.7 Å². The van der Waals surface area contributed by atoms with Crippen molar-refractivity contribution in [3.05, 3.63) is 71.5 Å². The minimum Gasteiger partial charge on any atom is -0.375 e. The first-order valence-electron chi connectivity index (χ1n) is 8.33. The first-order valence-corrected chi connectivity index (χ1v) is 8.33. The van der Waals surface area contributed by atoms with E-state index in [2.05, 4.69) is 0 Å². The van der Waals surface area contributed by atoms with Crippen molar-refractivity contribution in [1.82, 2.24) is 4.90 Å². The predicted molar refractivity (Wildman–Crippen MR) is 91.3 cm³/mol. The van der Waals surface area contributed by atoms with Gasteiger partial charge in [0, 0.05) is 13.1 Å². The summed E-state index contributed by atoms with van der Waals surface area (Å²) >= 11 is 0. The van der Waals surface area contributed by atoms with E-state index in [1.807, 2.05) is 42.2 Å². The molecular formula is C20H22FNO2. The van der Waals surface area contributed by atoms with E-state index in [0.717, 1.165) is 11.1 Å². The Kier molecular flexibility index (Phi) is 5.26. The second-order valence-electron chi connectivity index (χ2n) is 6.26. The summed E-state index contributed by atoms with van der Waals surface area (Å²) in [4.78, 5) is 15.0. The molecule has 2 aromatic rings. The largest absolute Gasteiger partial charge is 0.375 e. The lowest BCUT2D eigenvalue weighted by Crippen LogP contribution is -2.46. The number of rotatable bonds is 4. The molecule has 4 heteroatoms. The second-order valence-corrected chi connectivity index (χ2v) is 6.26. The lowest BCUT2D eigenvalue weighted by atomic mass is 9.90. The highest BCUT2D eigenvalue weighted by Crippen LogP contribution is 2.25. The van der Waals surface area contributed by atoms with Gasteiger partial charge in [-0.3, -0.25) is 4.79 Å². The number of morpholine rings is 1. The van der Waals surface area contributed by atoms with Gasteiger partial charge in [0.05, 0.1) is 18.6 Å². The highest BCUT2D eigenvalue weighted by Gasteiger charge is 2.29. The Labute approximate surface area is 142 Å². The summed E-state index contributed by atoms with van der Waals surface area (Å²) in [5.41, 5.74) is 1.95. The maximum atomic E-state index is 13.3. The van der Waals surface area contributed by atoms with Crippen LogP contribution < -0.4 is 0 Å². The van der Waals surface area contributed by atoms with Crippen molar-refractivity contribution >= 4 is 5.91 Å². The van der Waals surface area contributed by atoms with Crippen LogP contribution in [-0.4, -0.2) is 36.6 Å². The van der Waals surface area contributed by atoms with E-state index >= 15 is 0 Å². The van der Waals surface area contributed by atoms with Gasteiger partial charge in [-0.1, -0.05) is 42.5 Å². The van der Waals surface area contributed by atoms with E-state index in [1.54, 1.807) is 12.1 Å². The predicted octanol–water partition coefficient (Wildman–Crippen LogP) is 3.40. The van der Waals surface area contributed by atoms with Gasteiger partial charge in [-0.2, -0.15) is 0 Å². The van der Waals surface area contributed by atoms with Crippen LogP contribution in [-0.2, 0) is 16.0 Å². The molecular weight excluding hydrogens is 305 g/mol. The second kappa shape index (κ2) is 7.58. The Balaban J connectivity index is 1.86. The Hall–Kier alpha value is -2.20. The van der Waals surface area contributed by atoms with Gasteiger partial charge in [0.25, 0.3) is 0 Å². The van der Waals surface area contributed by atoms with Crippen molar-refractivity contribution < 1.29 is 13.9 Å². The molecule has 0 aliphatic carbocycles. The van der Waals surface area contributed by atoms with Gasteiger partial charge in [-0.25, -0.2) is 4.39 Å². The van der Waals surface area contributed by atoms with Gasteiger partial charge >= 0.3 is 0 Å². The summed E-state index contributed by atoms with van der Waals surface area (Å²) in [6, 6.07) is 16.2. The Bertz CT molecular complexity index is 672. The maximum Gasteiger partial charge on any atom is 0.230 e. The molecule has 2 aromatic carbocycles. The fourth-order valence-corrected chi connectivity index (χ4v) is 3.13. The molecule has 0 radical (unpaired) electrons. The molecule has 2 unspecified atom stereocenters. The summed E-state index contributed by atoms with van der Waals surface area (Å²) in [5.74, 6) is -0.511. The molecule has 1 heterocycles. The van der Waals surface area contributed by atoms with E-state index in [0.29, 0.717) is 26.1 Å². The fourth-order valence-electron chi connectivity index (χ4n) is 3.13. The number of nitrogens with zero attached hydrogens (tertiary/aromatic N) is 1. The molecule has 0 aromatic heterocycles. The number of hydrogen-bond donors (Lipinski definition) is 0. The van der Waals surface area contributed by atoms with Crippen LogP contribution in [0, 0.1) is 5.82 Å². The quantitative estimate of drug-likeness (QED) is 0.861. The number of benzene rings is 2. The average Bonchev–Trinajstić information content (AvgIpc) is 2.61. The molecule has 1 amide bonds. The van der Waals surface area contributed by atoms with Gasteiger partial charge in [0.15, 0.2) is 0 Å².